The number of nitrogens with zero attached hydrogens (tertiary/aromatic N) is 1. The Morgan fingerprint density at radius 1 is 1.07 bits per heavy atom. The van der Waals surface area contributed by atoms with Crippen LogP contribution in [0.3, 0.4) is 0 Å². The second kappa shape index (κ2) is 7.72. The van der Waals surface area contributed by atoms with E-state index in [0.29, 0.717) is 6.54 Å². The summed E-state index contributed by atoms with van der Waals surface area (Å²) in [5, 5.41) is 5.34. The molecule has 1 N–H and O–H groups in total. The van der Waals surface area contributed by atoms with E-state index >= 15 is 0 Å². The zero-order chi connectivity index (χ0) is 19.0. The van der Waals surface area contributed by atoms with Crippen LogP contribution in [-0.4, -0.2) is 38.0 Å². The molecule has 0 radical (unpaired) electrons. The predicted molar refractivity (Wildman–Crippen MR) is 121 cm³/mol. The number of halogens is 1. The number of fused-ring (bicyclic) bond motifs is 3. The number of hydrogen-bond donors (Lipinski definition) is 1. The molecule has 0 aliphatic heterocycles. The van der Waals surface area contributed by atoms with Crippen LogP contribution < -0.4 is 5.32 Å². The van der Waals surface area contributed by atoms with E-state index in [4.69, 9.17) is 0 Å². The van der Waals surface area contributed by atoms with Crippen molar-refractivity contribution in [1.82, 2.24) is 10.2 Å². The lowest BCUT2D eigenvalue weighted by Crippen LogP contribution is -2.31. The normalized spacial score (nSPS) is 11.6. The van der Waals surface area contributed by atoms with Gasteiger partial charge in [-0.25, -0.2) is 0 Å². The number of benzene rings is 2. The number of thiophene rings is 2. The minimum absolute atomic E-state index is 0.00240. The molecule has 0 unspecified atom stereocenters. The number of hydrogen-bond acceptors (Lipinski definition) is 4. The van der Waals surface area contributed by atoms with E-state index in [1.54, 1.807) is 22.7 Å². The first-order chi connectivity index (χ1) is 13.1. The van der Waals surface area contributed by atoms with Crippen molar-refractivity contribution in [3.05, 3.63) is 58.6 Å². The van der Waals surface area contributed by atoms with Crippen LogP contribution >= 0.6 is 38.6 Å². The Morgan fingerprint density at radius 3 is 2.59 bits per heavy atom. The van der Waals surface area contributed by atoms with Gasteiger partial charge in [0.1, 0.15) is 0 Å². The lowest BCUT2D eigenvalue weighted by molar-refractivity contribution is 0.0953. The molecule has 0 aliphatic rings. The van der Waals surface area contributed by atoms with Gasteiger partial charge in [-0.2, -0.15) is 0 Å². The molecule has 6 heteroatoms. The lowest BCUT2D eigenvalue weighted by Gasteiger charge is -2.11. The van der Waals surface area contributed by atoms with Crippen molar-refractivity contribution in [3.63, 3.8) is 0 Å². The summed E-state index contributed by atoms with van der Waals surface area (Å²) in [5.74, 6) is -0.00240. The minimum Gasteiger partial charge on any atom is -0.351 e. The molecule has 0 aliphatic carbocycles. The first-order valence-corrected chi connectivity index (χ1v) is 11.1. The molecule has 138 valence electrons. The smallest absolute Gasteiger partial charge is 0.253 e. The summed E-state index contributed by atoms with van der Waals surface area (Å²) >= 11 is 7.12. The number of carbonyl (C=O) groups is 1. The van der Waals surface area contributed by atoms with Gasteiger partial charge in [0.25, 0.3) is 5.91 Å². The van der Waals surface area contributed by atoms with Gasteiger partial charge < -0.3 is 10.2 Å². The zero-order valence-corrected chi connectivity index (χ0v) is 18.3. The van der Waals surface area contributed by atoms with Gasteiger partial charge in [0.2, 0.25) is 0 Å². The molecule has 2 aromatic carbocycles. The van der Waals surface area contributed by atoms with Crippen LogP contribution in [0.25, 0.3) is 29.9 Å². The SMILES string of the molecule is CN(C)CCNC(=O)c1c(-c2ccccc2Br)sc2sc3ccccc3c12. The molecule has 0 atom stereocenters. The van der Waals surface area contributed by atoms with Crippen molar-refractivity contribution in [3.8, 4) is 10.4 Å². The molecule has 4 rings (SSSR count). The Labute approximate surface area is 174 Å². The maximum absolute atomic E-state index is 13.2. The monoisotopic (exact) mass is 458 g/mol. The van der Waals surface area contributed by atoms with Gasteiger partial charge in [-0.05, 0) is 26.2 Å². The fourth-order valence-corrected chi connectivity index (χ4v) is 6.45. The highest BCUT2D eigenvalue weighted by Gasteiger charge is 2.24. The zero-order valence-electron chi connectivity index (χ0n) is 15.1. The molecular weight excluding hydrogens is 440 g/mol. The second-order valence-corrected chi connectivity index (χ2v) is 9.79. The van der Waals surface area contributed by atoms with E-state index in [-0.39, 0.29) is 5.91 Å². The van der Waals surface area contributed by atoms with Gasteiger partial charge in [0, 0.05) is 38.6 Å². The molecule has 3 nitrogen and oxygen atoms in total. The Bertz CT molecular complexity index is 1130. The molecule has 0 fully saturated rings. The van der Waals surface area contributed by atoms with Crippen LogP contribution in [0.15, 0.2) is 53.0 Å². The third kappa shape index (κ3) is 3.55. The average molecular weight is 459 g/mol. The summed E-state index contributed by atoms with van der Waals surface area (Å²) in [6.07, 6.45) is 0. The number of carbonyl (C=O) groups excluding carboxylic acids is 1. The molecule has 1 amide bonds. The minimum atomic E-state index is -0.00240. The maximum atomic E-state index is 13.2. The van der Waals surface area contributed by atoms with Crippen molar-refractivity contribution in [2.45, 2.75) is 0 Å². The van der Waals surface area contributed by atoms with Crippen LogP contribution in [0.4, 0.5) is 0 Å². The fourth-order valence-electron chi connectivity index (χ4n) is 3.12. The molecule has 27 heavy (non-hydrogen) atoms. The highest BCUT2D eigenvalue weighted by atomic mass is 79.9. The summed E-state index contributed by atoms with van der Waals surface area (Å²) in [7, 11) is 4.02. The Kier molecular flexibility index (Phi) is 5.32. The summed E-state index contributed by atoms with van der Waals surface area (Å²) < 4.78 is 3.42. The van der Waals surface area contributed by atoms with Crippen molar-refractivity contribution < 1.29 is 4.79 Å². The lowest BCUT2D eigenvalue weighted by atomic mass is 10.0. The molecule has 4 aromatic rings. The van der Waals surface area contributed by atoms with E-state index in [9.17, 15) is 4.79 Å². The largest absolute Gasteiger partial charge is 0.351 e. The van der Waals surface area contributed by atoms with Crippen molar-refractivity contribution in [2.24, 2.45) is 0 Å². The predicted octanol–water partition coefficient (Wildman–Crippen LogP) is 5.84. The fraction of sp³-hybridized carbons (Fsp3) is 0.190. The highest BCUT2D eigenvalue weighted by molar-refractivity contribution is 9.10. The number of amides is 1. The van der Waals surface area contributed by atoms with Crippen LogP contribution in [0.5, 0.6) is 0 Å². The first kappa shape index (κ1) is 18.6. The number of likely N-dealkylation sites (N-methyl/N-ethyl adjacent to an activating group) is 1. The quantitative estimate of drug-likeness (QED) is 0.407. The molecular formula is C21H19BrN2OS2. The van der Waals surface area contributed by atoms with E-state index in [1.807, 2.05) is 44.4 Å². The first-order valence-electron chi connectivity index (χ1n) is 8.68. The molecule has 0 saturated carbocycles. The van der Waals surface area contributed by atoms with Gasteiger partial charge in [-0.3, -0.25) is 4.79 Å². The van der Waals surface area contributed by atoms with Crippen LogP contribution in [-0.2, 0) is 0 Å². The number of rotatable bonds is 5. The molecule has 0 spiro atoms. The van der Waals surface area contributed by atoms with E-state index in [0.717, 1.165) is 37.8 Å². The summed E-state index contributed by atoms with van der Waals surface area (Å²) in [6, 6.07) is 16.4. The molecule has 2 aromatic heterocycles. The molecule has 0 saturated heterocycles. The van der Waals surface area contributed by atoms with Crippen LogP contribution in [0, 0.1) is 0 Å². The highest BCUT2D eigenvalue weighted by Crippen LogP contribution is 2.47. The van der Waals surface area contributed by atoms with Gasteiger partial charge in [0.05, 0.1) is 14.5 Å². The van der Waals surface area contributed by atoms with Crippen LogP contribution in [0.1, 0.15) is 10.4 Å². The van der Waals surface area contributed by atoms with Gasteiger partial charge in [-0.15, -0.1) is 22.7 Å². The Morgan fingerprint density at radius 2 is 1.81 bits per heavy atom. The standard InChI is InChI=1S/C21H19BrN2OS2/c1-24(2)12-11-23-20(25)18-17-14-8-4-6-10-16(14)26-21(17)27-19(18)13-7-3-5-9-15(13)22/h3-10H,11-12H2,1-2H3,(H,23,25). The summed E-state index contributed by atoms with van der Waals surface area (Å²) in [4.78, 5) is 16.3. The topological polar surface area (TPSA) is 32.3 Å². The van der Waals surface area contributed by atoms with Crippen molar-refractivity contribution in [1.29, 1.82) is 0 Å². The van der Waals surface area contributed by atoms with Gasteiger partial charge in [0.15, 0.2) is 0 Å². The van der Waals surface area contributed by atoms with Crippen LogP contribution in [0.2, 0.25) is 0 Å². The third-order valence-electron chi connectivity index (χ3n) is 4.43. The third-order valence-corrected chi connectivity index (χ3v) is 7.60. The van der Waals surface area contributed by atoms with Crippen molar-refractivity contribution in [2.75, 3.05) is 27.2 Å². The Balaban J connectivity index is 1.90. The average Bonchev–Trinajstić information content (AvgIpc) is 3.17. The summed E-state index contributed by atoms with van der Waals surface area (Å²) in [6.45, 7) is 1.44. The van der Waals surface area contributed by atoms with Gasteiger partial charge >= 0.3 is 0 Å². The van der Waals surface area contributed by atoms with E-state index in [1.165, 1.54) is 8.71 Å². The van der Waals surface area contributed by atoms with E-state index < -0.39 is 0 Å². The van der Waals surface area contributed by atoms with Gasteiger partial charge in [-0.1, -0.05) is 52.3 Å². The van der Waals surface area contributed by atoms with E-state index in [2.05, 4.69) is 44.3 Å². The Hall–Kier alpha value is -1.73. The second-order valence-electron chi connectivity index (χ2n) is 6.61. The molecule has 0 bridgehead atoms. The molecule has 2 heterocycles. The summed E-state index contributed by atoms with van der Waals surface area (Å²) in [5.41, 5.74) is 1.85. The maximum Gasteiger partial charge on any atom is 0.253 e. The van der Waals surface area contributed by atoms with Crippen molar-refractivity contribution >= 4 is 64.0 Å². The number of nitrogens with one attached hydrogen (secondary N) is 1.